The summed E-state index contributed by atoms with van der Waals surface area (Å²) >= 11 is 1.21. The molecule has 0 aliphatic rings. The van der Waals surface area contributed by atoms with E-state index in [1.54, 1.807) is 61.8 Å². The molecule has 0 unspecified atom stereocenters. The van der Waals surface area contributed by atoms with Gasteiger partial charge in [0.15, 0.2) is 0 Å². The van der Waals surface area contributed by atoms with Crippen LogP contribution in [0.5, 0.6) is 17.4 Å². The number of ether oxygens (including phenoxy) is 3. The van der Waals surface area contributed by atoms with Gasteiger partial charge in [-0.25, -0.2) is 9.37 Å². The van der Waals surface area contributed by atoms with Crippen molar-refractivity contribution < 1.29 is 23.4 Å². The molecule has 2 aromatic carbocycles. The van der Waals surface area contributed by atoms with Crippen molar-refractivity contribution >= 4 is 33.0 Å². The smallest absolute Gasteiger partial charge is 0.266 e. The predicted octanol–water partition coefficient (Wildman–Crippen LogP) is 5.64. The van der Waals surface area contributed by atoms with E-state index in [9.17, 15) is 9.18 Å². The second-order valence-electron chi connectivity index (χ2n) is 6.54. The van der Waals surface area contributed by atoms with Crippen molar-refractivity contribution in [3.8, 4) is 17.4 Å². The van der Waals surface area contributed by atoms with Crippen LogP contribution in [0.1, 0.15) is 15.2 Å². The number of nitrogens with one attached hydrogen (secondary N) is 1. The first-order valence-electron chi connectivity index (χ1n) is 9.37. The molecule has 8 heteroatoms. The minimum absolute atomic E-state index is 0.117. The van der Waals surface area contributed by atoms with E-state index >= 15 is 0 Å². The lowest BCUT2D eigenvalue weighted by molar-refractivity contribution is 0.102. The highest BCUT2D eigenvalue weighted by Crippen LogP contribution is 2.35. The number of thiophene rings is 1. The third-order valence-electron chi connectivity index (χ3n) is 4.55. The molecule has 6 nitrogen and oxygen atoms in total. The second-order valence-corrected chi connectivity index (χ2v) is 7.60. The van der Waals surface area contributed by atoms with E-state index < -0.39 is 0 Å². The Kier molecular flexibility index (Phi) is 6.11. The van der Waals surface area contributed by atoms with Crippen molar-refractivity contribution in [2.45, 2.75) is 6.61 Å². The number of nitrogens with zero attached hydrogens (tertiary/aromatic N) is 1. The van der Waals surface area contributed by atoms with E-state index in [1.165, 1.54) is 24.5 Å². The number of aromatic nitrogens is 1. The highest BCUT2D eigenvalue weighted by atomic mass is 32.1. The molecule has 0 aliphatic heterocycles. The SMILES string of the molecule is COCc1c(C(=O)Nc2cccnc2Oc2ccc(OC)cc2)sc2cccc(F)c12. The lowest BCUT2D eigenvalue weighted by Gasteiger charge is -2.11. The van der Waals surface area contributed by atoms with Gasteiger partial charge in [0.1, 0.15) is 23.0 Å². The van der Waals surface area contributed by atoms with Crippen molar-refractivity contribution in [2.75, 3.05) is 19.5 Å². The molecule has 31 heavy (non-hydrogen) atoms. The molecule has 2 heterocycles. The first-order valence-corrected chi connectivity index (χ1v) is 10.2. The summed E-state index contributed by atoms with van der Waals surface area (Å²) in [7, 11) is 3.09. The molecule has 4 rings (SSSR count). The van der Waals surface area contributed by atoms with Crippen LogP contribution in [-0.2, 0) is 11.3 Å². The van der Waals surface area contributed by atoms with Gasteiger partial charge < -0.3 is 19.5 Å². The van der Waals surface area contributed by atoms with Crippen LogP contribution in [0.2, 0.25) is 0 Å². The summed E-state index contributed by atoms with van der Waals surface area (Å²) in [6.07, 6.45) is 1.57. The Morgan fingerprint density at radius 3 is 2.58 bits per heavy atom. The van der Waals surface area contributed by atoms with Crippen LogP contribution in [0.3, 0.4) is 0 Å². The lowest BCUT2D eigenvalue weighted by Crippen LogP contribution is -2.13. The van der Waals surface area contributed by atoms with Gasteiger partial charge in [0, 0.05) is 29.0 Å². The van der Waals surface area contributed by atoms with E-state index in [-0.39, 0.29) is 24.2 Å². The molecular formula is C23H19FN2O4S. The number of hydrogen-bond donors (Lipinski definition) is 1. The minimum atomic E-state index is -0.389. The molecule has 4 aromatic rings. The summed E-state index contributed by atoms with van der Waals surface area (Å²) in [4.78, 5) is 17.7. The van der Waals surface area contributed by atoms with Crippen LogP contribution in [0.4, 0.5) is 10.1 Å². The van der Waals surface area contributed by atoms with Crippen LogP contribution < -0.4 is 14.8 Å². The van der Waals surface area contributed by atoms with Gasteiger partial charge >= 0.3 is 0 Å². The van der Waals surface area contributed by atoms with Gasteiger partial charge in [-0.05, 0) is 48.5 Å². The monoisotopic (exact) mass is 438 g/mol. The molecule has 0 saturated carbocycles. The topological polar surface area (TPSA) is 69.7 Å². The highest BCUT2D eigenvalue weighted by molar-refractivity contribution is 7.21. The first kappa shape index (κ1) is 20.8. The summed E-state index contributed by atoms with van der Waals surface area (Å²) < 4.78 is 31.3. The maximum atomic E-state index is 14.4. The Bertz CT molecular complexity index is 1220. The molecule has 0 bridgehead atoms. The third kappa shape index (κ3) is 4.35. The minimum Gasteiger partial charge on any atom is -0.497 e. The predicted molar refractivity (Wildman–Crippen MR) is 118 cm³/mol. The first-order chi connectivity index (χ1) is 15.1. The molecule has 0 aliphatic carbocycles. The second kappa shape index (κ2) is 9.11. The summed E-state index contributed by atoms with van der Waals surface area (Å²) in [6.45, 7) is 0.117. The number of carbonyl (C=O) groups is 1. The number of pyridine rings is 1. The molecule has 1 amide bonds. The number of hydrogen-bond acceptors (Lipinski definition) is 6. The number of fused-ring (bicyclic) bond motifs is 1. The van der Waals surface area contributed by atoms with Crippen LogP contribution >= 0.6 is 11.3 Å². The van der Waals surface area contributed by atoms with Crippen molar-refractivity contribution in [3.63, 3.8) is 0 Å². The number of anilines is 1. The molecule has 0 fully saturated rings. The Morgan fingerprint density at radius 1 is 1.06 bits per heavy atom. The highest BCUT2D eigenvalue weighted by Gasteiger charge is 2.22. The normalized spacial score (nSPS) is 10.8. The zero-order valence-electron chi connectivity index (χ0n) is 16.8. The zero-order chi connectivity index (χ0) is 21.8. The molecule has 158 valence electrons. The summed E-state index contributed by atoms with van der Waals surface area (Å²) in [5.74, 6) is 0.704. The number of halogens is 1. The fourth-order valence-corrected chi connectivity index (χ4v) is 4.25. The summed E-state index contributed by atoms with van der Waals surface area (Å²) in [5.41, 5.74) is 0.907. The Hall–Kier alpha value is -3.49. The Balaban J connectivity index is 1.63. The van der Waals surface area contributed by atoms with Gasteiger partial charge in [-0.1, -0.05) is 6.07 Å². The molecular weight excluding hydrogens is 419 g/mol. The Morgan fingerprint density at radius 2 is 1.84 bits per heavy atom. The van der Waals surface area contributed by atoms with Crippen molar-refractivity contribution in [3.05, 3.63) is 77.1 Å². The molecule has 0 radical (unpaired) electrons. The zero-order valence-corrected chi connectivity index (χ0v) is 17.7. The number of amides is 1. The maximum absolute atomic E-state index is 14.4. The fraction of sp³-hybridized carbons (Fsp3) is 0.130. The van der Waals surface area contributed by atoms with Crippen molar-refractivity contribution in [1.29, 1.82) is 0 Å². The molecule has 0 spiro atoms. The number of methoxy groups -OCH3 is 2. The van der Waals surface area contributed by atoms with E-state index in [2.05, 4.69) is 10.3 Å². The van der Waals surface area contributed by atoms with Gasteiger partial charge in [0.2, 0.25) is 5.88 Å². The number of benzene rings is 2. The van der Waals surface area contributed by atoms with E-state index in [0.717, 1.165) is 0 Å². The van der Waals surface area contributed by atoms with E-state index in [1.807, 2.05) is 0 Å². The molecule has 0 saturated heterocycles. The van der Waals surface area contributed by atoms with Crippen LogP contribution in [-0.4, -0.2) is 25.1 Å². The van der Waals surface area contributed by atoms with E-state index in [0.29, 0.717) is 37.7 Å². The van der Waals surface area contributed by atoms with Crippen molar-refractivity contribution in [1.82, 2.24) is 4.98 Å². The van der Waals surface area contributed by atoms with Gasteiger partial charge in [0.05, 0.1) is 18.6 Å². The van der Waals surface area contributed by atoms with Gasteiger partial charge in [0.25, 0.3) is 5.91 Å². The van der Waals surface area contributed by atoms with Crippen LogP contribution in [0.25, 0.3) is 10.1 Å². The summed E-state index contributed by atoms with van der Waals surface area (Å²) in [6, 6.07) is 15.2. The van der Waals surface area contributed by atoms with Gasteiger partial charge in [-0.2, -0.15) is 0 Å². The molecule has 2 aromatic heterocycles. The summed E-state index contributed by atoms with van der Waals surface area (Å²) in [5, 5.41) is 3.23. The van der Waals surface area contributed by atoms with Crippen molar-refractivity contribution in [2.24, 2.45) is 0 Å². The largest absolute Gasteiger partial charge is 0.497 e. The lowest BCUT2D eigenvalue weighted by atomic mass is 10.1. The van der Waals surface area contributed by atoms with Gasteiger partial charge in [-0.15, -0.1) is 11.3 Å². The maximum Gasteiger partial charge on any atom is 0.266 e. The average molecular weight is 438 g/mol. The quantitative estimate of drug-likeness (QED) is 0.405. The number of carbonyl (C=O) groups excluding carboxylic acids is 1. The average Bonchev–Trinajstić information content (AvgIpc) is 3.16. The fourth-order valence-electron chi connectivity index (χ4n) is 3.13. The molecule has 0 atom stereocenters. The van der Waals surface area contributed by atoms with Gasteiger partial charge in [-0.3, -0.25) is 4.79 Å². The van der Waals surface area contributed by atoms with E-state index in [4.69, 9.17) is 14.2 Å². The standard InChI is InChI=1S/C23H19FN2O4S/c1-28-13-16-20-17(24)5-3-7-19(20)31-21(16)22(27)26-18-6-4-12-25-23(18)30-15-10-8-14(29-2)9-11-15/h3-12H,13H2,1-2H3,(H,26,27). The molecule has 1 N–H and O–H groups in total. The van der Waals surface area contributed by atoms with Crippen LogP contribution in [0, 0.1) is 5.82 Å². The van der Waals surface area contributed by atoms with Crippen LogP contribution in [0.15, 0.2) is 60.8 Å². The Labute approximate surface area is 182 Å². The number of rotatable bonds is 7. The third-order valence-corrected chi connectivity index (χ3v) is 5.75.